The summed E-state index contributed by atoms with van der Waals surface area (Å²) in [6.45, 7) is 3.14. The molecule has 3 nitrogen and oxygen atoms in total. The van der Waals surface area contributed by atoms with Crippen LogP contribution >= 0.6 is 0 Å². The molecule has 3 aromatic carbocycles. The van der Waals surface area contributed by atoms with Gasteiger partial charge in [0.1, 0.15) is 6.10 Å². The largest absolute Gasteiger partial charge is 0.340 e. The van der Waals surface area contributed by atoms with E-state index in [4.69, 9.17) is 4.84 Å². The average molecular weight is 380 g/mol. The lowest BCUT2D eigenvalue weighted by atomic mass is 9.83. The molecule has 3 heteroatoms. The highest BCUT2D eigenvalue weighted by molar-refractivity contribution is 5.81. The Bertz CT molecular complexity index is 1150. The van der Waals surface area contributed by atoms with Crippen LogP contribution in [0.4, 0.5) is 0 Å². The Morgan fingerprint density at radius 3 is 2.34 bits per heavy atom. The second-order valence-electron chi connectivity index (χ2n) is 8.21. The van der Waals surface area contributed by atoms with E-state index in [2.05, 4.69) is 108 Å². The summed E-state index contributed by atoms with van der Waals surface area (Å²) in [5.41, 5.74) is 5.31. The van der Waals surface area contributed by atoms with Crippen molar-refractivity contribution in [3.8, 4) is 0 Å². The van der Waals surface area contributed by atoms with Gasteiger partial charge in [-0.1, -0.05) is 78.9 Å². The van der Waals surface area contributed by atoms with Crippen LogP contribution in [0.1, 0.15) is 41.7 Å². The molecule has 4 aromatic rings. The number of fused-ring (bicyclic) bond motifs is 6. The van der Waals surface area contributed by atoms with Crippen molar-refractivity contribution in [3.05, 3.63) is 108 Å². The normalized spacial score (nSPS) is 24.5. The van der Waals surface area contributed by atoms with E-state index in [9.17, 15) is 0 Å². The van der Waals surface area contributed by atoms with E-state index < -0.39 is 0 Å². The Labute approximate surface area is 171 Å². The number of aromatic nitrogens is 1. The van der Waals surface area contributed by atoms with E-state index in [1.54, 1.807) is 0 Å². The van der Waals surface area contributed by atoms with E-state index >= 15 is 0 Å². The van der Waals surface area contributed by atoms with Crippen LogP contribution in [0.5, 0.6) is 0 Å². The molecule has 144 valence electrons. The molecule has 6 rings (SSSR count). The molecule has 0 saturated carbocycles. The molecule has 0 N–H and O–H groups in total. The van der Waals surface area contributed by atoms with E-state index in [1.807, 2.05) is 0 Å². The lowest BCUT2D eigenvalue weighted by Crippen LogP contribution is -2.31. The molecule has 1 saturated heterocycles. The summed E-state index contributed by atoms with van der Waals surface area (Å²) in [5, 5.41) is 3.57. The maximum Gasteiger partial charge on any atom is 0.106 e. The molecule has 0 spiro atoms. The summed E-state index contributed by atoms with van der Waals surface area (Å²) in [5.74, 6) is 0.333. The third kappa shape index (κ3) is 2.58. The molecule has 2 bridgehead atoms. The molecule has 2 aliphatic heterocycles. The minimum atomic E-state index is 0.136. The summed E-state index contributed by atoms with van der Waals surface area (Å²) < 4.78 is 2.47. The van der Waals surface area contributed by atoms with Crippen molar-refractivity contribution in [3.63, 3.8) is 0 Å². The first-order chi connectivity index (χ1) is 14.3. The zero-order valence-electron chi connectivity index (χ0n) is 16.5. The first-order valence-corrected chi connectivity index (χ1v) is 10.4. The molecular formula is C26H24N2O. The molecule has 2 aliphatic rings. The second-order valence-corrected chi connectivity index (χ2v) is 8.21. The van der Waals surface area contributed by atoms with Crippen molar-refractivity contribution in [1.82, 2.24) is 9.63 Å². The summed E-state index contributed by atoms with van der Waals surface area (Å²) in [7, 11) is 0. The number of hydroxylamine groups is 2. The number of hydrogen-bond acceptors (Lipinski definition) is 2. The van der Waals surface area contributed by atoms with Gasteiger partial charge in [-0.3, -0.25) is 4.84 Å². The quantitative estimate of drug-likeness (QED) is 0.443. The highest BCUT2D eigenvalue weighted by Gasteiger charge is 2.51. The Morgan fingerprint density at radius 1 is 0.862 bits per heavy atom. The van der Waals surface area contributed by atoms with Gasteiger partial charge in [0.2, 0.25) is 0 Å². The number of hydrogen-bond donors (Lipinski definition) is 0. The van der Waals surface area contributed by atoms with Crippen LogP contribution in [0, 0.1) is 0 Å². The summed E-state index contributed by atoms with van der Waals surface area (Å²) in [4.78, 5) is 6.67. The standard InChI is InChI=1S/C26H24N2O/c1-18(19-10-4-2-5-11-19)28-26-23-16-21-14-8-9-15-22(21)27(23)17-24(29-28)25(26)20-12-6-3-7-13-20/h2-16,18,24-26H,17H2,1H3/t18-,24+,25-,26-/m1/s1. The van der Waals surface area contributed by atoms with Crippen LogP contribution in [0.3, 0.4) is 0 Å². The number of benzene rings is 3. The molecule has 0 aliphatic carbocycles. The zero-order chi connectivity index (χ0) is 19.4. The maximum absolute atomic E-state index is 6.67. The fraction of sp³-hybridized carbons (Fsp3) is 0.231. The first-order valence-electron chi connectivity index (χ1n) is 10.4. The van der Waals surface area contributed by atoms with Crippen molar-refractivity contribution in [2.45, 2.75) is 37.6 Å². The van der Waals surface area contributed by atoms with E-state index in [-0.39, 0.29) is 18.2 Å². The van der Waals surface area contributed by atoms with Gasteiger partial charge in [-0.15, -0.1) is 0 Å². The van der Waals surface area contributed by atoms with Gasteiger partial charge in [-0.05, 0) is 35.6 Å². The van der Waals surface area contributed by atoms with Crippen molar-refractivity contribution in [2.75, 3.05) is 0 Å². The summed E-state index contributed by atoms with van der Waals surface area (Å²) >= 11 is 0. The van der Waals surface area contributed by atoms with Crippen LogP contribution in [0.2, 0.25) is 0 Å². The van der Waals surface area contributed by atoms with Crippen LogP contribution in [0.25, 0.3) is 10.9 Å². The van der Waals surface area contributed by atoms with Gasteiger partial charge in [0.25, 0.3) is 0 Å². The lowest BCUT2D eigenvalue weighted by molar-refractivity contribution is -0.185. The molecular weight excluding hydrogens is 356 g/mol. The van der Waals surface area contributed by atoms with Gasteiger partial charge in [-0.2, -0.15) is 5.06 Å². The smallest absolute Gasteiger partial charge is 0.106 e. The van der Waals surface area contributed by atoms with Crippen LogP contribution in [0.15, 0.2) is 91.0 Å². The lowest BCUT2D eigenvalue weighted by Gasteiger charge is -2.33. The van der Waals surface area contributed by atoms with Gasteiger partial charge in [-0.25, -0.2) is 0 Å². The van der Waals surface area contributed by atoms with Gasteiger partial charge < -0.3 is 4.57 Å². The number of nitrogens with zero attached hydrogens (tertiary/aromatic N) is 2. The van der Waals surface area contributed by atoms with Gasteiger partial charge >= 0.3 is 0 Å². The van der Waals surface area contributed by atoms with Crippen LogP contribution in [-0.4, -0.2) is 15.7 Å². The predicted molar refractivity (Wildman–Crippen MR) is 115 cm³/mol. The van der Waals surface area contributed by atoms with Crippen LogP contribution < -0.4 is 0 Å². The Balaban J connectivity index is 1.51. The average Bonchev–Trinajstić information content (AvgIpc) is 3.30. The van der Waals surface area contributed by atoms with Crippen molar-refractivity contribution in [2.24, 2.45) is 0 Å². The highest BCUT2D eigenvalue weighted by Crippen LogP contribution is 2.53. The topological polar surface area (TPSA) is 17.4 Å². The Hall–Kier alpha value is -2.88. The molecule has 4 atom stereocenters. The highest BCUT2D eigenvalue weighted by atomic mass is 16.7. The van der Waals surface area contributed by atoms with Gasteiger partial charge in [0, 0.05) is 17.1 Å². The Kier molecular flexibility index (Phi) is 3.86. The summed E-state index contributed by atoms with van der Waals surface area (Å²) in [6, 6.07) is 33.0. The van der Waals surface area contributed by atoms with Gasteiger partial charge in [0.15, 0.2) is 0 Å². The fourth-order valence-corrected chi connectivity index (χ4v) is 5.25. The minimum Gasteiger partial charge on any atom is -0.340 e. The van der Waals surface area contributed by atoms with Gasteiger partial charge in [0.05, 0.1) is 18.6 Å². The van der Waals surface area contributed by atoms with E-state index in [0.717, 1.165) is 6.54 Å². The first kappa shape index (κ1) is 17.0. The third-order valence-corrected chi connectivity index (χ3v) is 6.63. The van der Waals surface area contributed by atoms with E-state index in [1.165, 1.54) is 27.7 Å². The fourth-order valence-electron chi connectivity index (χ4n) is 5.25. The summed E-state index contributed by atoms with van der Waals surface area (Å²) in [6.07, 6.45) is 0.136. The molecule has 1 fully saturated rings. The zero-order valence-corrected chi connectivity index (χ0v) is 16.5. The minimum absolute atomic E-state index is 0.136. The van der Waals surface area contributed by atoms with Crippen molar-refractivity contribution < 1.29 is 4.84 Å². The molecule has 3 heterocycles. The monoisotopic (exact) mass is 380 g/mol. The van der Waals surface area contributed by atoms with Crippen molar-refractivity contribution in [1.29, 1.82) is 0 Å². The maximum atomic E-state index is 6.67. The predicted octanol–water partition coefficient (Wildman–Crippen LogP) is 5.86. The molecule has 0 amide bonds. The van der Waals surface area contributed by atoms with E-state index in [0.29, 0.717) is 5.92 Å². The number of para-hydroxylation sites is 1. The molecule has 1 aromatic heterocycles. The molecule has 0 unspecified atom stereocenters. The van der Waals surface area contributed by atoms with Crippen LogP contribution in [-0.2, 0) is 11.4 Å². The molecule has 0 radical (unpaired) electrons. The SMILES string of the molecule is C[C@H](c1ccccc1)N1O[C@H]2Cn3c(cc4ccccc43)[C@@H]1[C@@H]2c1ccccc1. The van der Waals surface area contributed by atoms with Crippen molar-refractivity contribution >= 4 is 10.9 Å². The Morgan fingerprint density at radius 2 is 1.55 bits per heavy atom. The second kappa shape index (κ2) is 6.58. The molecule has 29 heavy (non-hydrogen) atoms. The number of rotatable bonds is 3. The third-order valence-electron chi connectivity index (χ3n) is 6.63.